The predicted octanol–water partition coefficient (Wildman–Crippen LogP) is 3.68. The molecule has 2 aromatic carbocycles. The lowest BCUT2D eigenvalue weighted by Crippen LogP contribution is -2.58. The van der Waals surface area contributed by atoms with Crippen molar-refractivity contribution in [1.82, 2.24) is 9.80 Å². The molecule has 1 amide bonds. The Hall–Kier alpha value is -2.64. The highest BCUT2D eigenvalue weighted by Crippen LogP contribution is 2.24. The average Bonchev–Trinajstić information content (AvgIpc) is 2.70. The molecule has 0 spiro atoms. The van der Waals surface area contributed by atoms with Gasteiger partial charge in [-0.25, -0.2) is 9.18 Å². The van der Waals surface area contributed by atoms with Crippen molar-refractivity contribution in [2.24, 2.45) is 0 Å². The topological polar surface area (TPSA) is 70.1 Å². The first kappa shape index (κ1) is 22.1. The van der Waals surface area contributed by atoms with E-state index < -0.39 is 5.97 Å². The molecule has 6 nitrogen and oxygen atoms in total. The van der Waals surface area contributed by atoms with Crippen LogP contribution in [0, 0.1) is 5.82 Å². The van der Waals surface area contributed by atoms with Crippen molar-refractivity contribution in [3.8, 4) is 5.75 Å². The lowest BCUT2D eigenvalue weighted by Gasteiger charge is -2.44. The van der Waals surface area contributed by atoms with Crippen LogP contribution in [0.1, 0.15) is 29.8 Å². The van der Waals surface area contributed by atoms with Crippen molar-refractivity contribution in [2.45, 2.75) is 32.5 Å². The summed E-state index contributed by atoms with van der Waals surface area (Å²) in [5.74, 6) is -1.53. The number of benzene rings is 2. The van der Waals surface area contributed by atoms with Gasteiger partial charge in [-0.1, -0.05) is 23.7 Å². The molecular weight excluding hydrogens is 411 g/mol. The van der Waals surface area contributed by atoms with Crippen molar-refractivity contribution >= 4 is 23.5 Å². The van der Waals surface area contributed by atoms with Crippen LogP contribution < -0.4 is 4.74 Å². The molecule has 30 heavy (non-hydrogen) atoms. The quantitative estimate of drug-likeness (QED) is 0.751. The number of carboxylic acids is 1. The Labute approximate surface area is 179 Å². The zero-order chi connectivity index (χ0) is 21.8. The summed E-state index contributed by atoms with van der Waals surface area (Å²) in [6, 6.07) is 10.8. The second-order valence-corrected chi connectivity index (χ2v) is 7.97. The summed E-state index contributed by atoms with van der Waals surface area (Å²) in [7, 11) is 0. The highest BCUT2D eigenvalue weighted by Gasteiger charge is 2.32. The van der Waals surface area contributed by atoms with Gasteiger partial charge in [-0.2, -0.15) is 0 Å². The van der Waals surface area contributed by atoms with E-state index in [0.29, 0.717) is 19.6 Å². The van der Waals surface area contributed by atoms with Crippen LogP contribution in [0.15, 0.2) is 42.5 Å². The first-order chi connectivity index (χ1) is 14.2. The van der Waals surface area contributed by atoms with Crippen LogP contribution in [0.4, 0.5) is 4.39 Å². The minimum absolute atomic E-state index is 0.0399. The molecule has 3 rings (SSSR count). The van der Waals surface area contributed by atoms with Crippen LogP contribution >= 0.6 is 11.6 Å². The molecule has 2 aromatic rings. The number of nitrogens with zero attached hydrogens (tertiary/aromatic N) is 2. The van der Waals surface area contributed by atoms with Crippen molar-refractivity contribution in [1.29, 1.82) is 0 Å². The van der Waals surface area contributed by atoms with E-state index in [0.717, 1.165) is 5.56 Å². The predicted molar refractivity (Wildman–Crippen MR) is 111 cm³/mol. The van der Waals surface area contributed by atoms with E-state index in [1.54, 1.807) is 17.0 Å². The average molecular weight is 435 g/mol. The molecule has 0 radical (unpaired) electrons. The molecular formula is C22H24ClFN2O4. The first-order valence-corrected chi connectivity index (χ1v) is 10.1. The van der Waals surface area contributed by atoms with E-state index in [-0.39, 0.29) is 46.8 Å². The molecule has 2 atom stereocenters. The number of hydrogen-bond acceptors (Lipinski definition) is 4. The van der Waals surface area contributed by atoms with E-state index >= 15 is 0 Å². The number of hydrogen-bond donors (Lipinski definition) is 1. The van der Waals surface area contributed by atoms with Crippen LogP contribution in [0.3, 0.4) is 0 Å². The van der Waals surface area contributed by atoms with Gasteiger partial charge in [0.15, 0.2) is 6.61 Å². The lowest BCUT2D eigenvalue weighted by atomic mass is 10.1. The summed E-state index contributed by atoms with van der Waals surface area (Å²) in [5.41, 5.74) is 0.934. The molecule has 1 aliphatic rings. The molecule has 8 heteroatoms. The van der Waals surface area contributed by atoms with Gasteiger partial charge in [0.1, 0.15) is 17.1 Å². The molecule has 0 aromatic heterocycles. The van der Waals surface area contributed by atoms with Crippen LogP contribution in [0.2, 0.25) is 5.02 Å². The van der Waals surface area contributed by atoms with Crippen molar-refractivity contribution < 1.29 is 23.8 Å². The molecule has 0 bridgehead atoms. The Balaban J connectivity index is 1.60. The summed E-state index contributed by atoms with van der Waals surface area (Å²) < 4.78 is 18.6. The van der Waals surface area contributed by atoms with Crippen LogP contribution in [0.5, 0.6) is 5.75 Å². The van der Waals surface area contributed by atoms with Gasteiger partial charge < -0.3 is 14.7 Å². The summed E-state index contributed by atoms with van der Waals surface area (Å²) in [6.45, 7) is 5.63. The number of aromatic carboxylic acids is 1. The second kappa shape index (κ2) is 9.45. The van der Waals surface area contributed by atoms with Crippen LogP contribution in [-0.4, -0.2) is 58.6 Å². The summed E-state index contributed by atoms with van der Waals surface area (Å²) in [5, 5.41) is 9.57. The van der Waals surface area contributed by atoms with Crippen molar-refractivity contribution in [2.75, 3.05) is 19.7 Å². The van der Waals surface area contributed by atoms with E-state index in [2.05, 4.69) is 4.90 Å². The van der Waals surface area contributed by atoms with Gasteiger partial charge in [0.25, 0.3) is 5.91 Å². The Morgan fingerprint density at radius 2 is 1.83 bits per heavy atom. The number of ether oxygens (including phenoxy) is 1. The van der Waals surface area contributed by atoms with Gasteiger partial charge in [-0.05, 0) is 49.7 Å². The number of carbonyl (C=O) groups is 2. The lowest BCUT2D eigenvalue weighted by molar-refractivity contribution is -0.139. The Morgan fingerprint density at radius 1 is 1.13 bits per heavy atom. The van der Waals surface area contributed by atoms with E-state index in [9.17, 15) is 19.1 Å². The Kier molecular flexibility index (Phi) is 6.95. The Bertz CT molecular complexity index is 922. The van der Waals surface area contributed by atoms with Crippen molar-refractivity contribution in [3.05, 3.63) is 64.4 Å². The summed E-state index contributed by atoms with van der Waals surface area (Å²) >= 11 is 5.84. The number of carboxylic acid groups (broad SMARTS) is 1. The summed E-state index contributed by atoms with van der Waals surface area (Å²) in [6.07, 6.45) is 0. The highest BCUT2D eigenvalue weighted by molar-refractivity contribution is 6.31. The summed E-state index contributed by atoms with van der Waals surface area (Å²) in [4.78, 5) is 28.1. The van der Waals surface area contributed by atoms with Crippen molar-refractivity contribution in [3.63, 3.8) is 0 Å². The van der Waals surface area contributed by atoms with Crippen LogP contribution in [-0.2, 0) is 11.3 Å². The zero-order valence-corrected chi connectivity index (χ0v) is 17.6. The minimum Gasteiger partial charge on any atom is -0.483 e. The zero-order valence-electron chi connectivity index (χ0n) is 16.8. The van der Waals surface area contributed by atoms with Crippen LogP contribution in [0.25, 0.3) is 0 Å². The van der Waals surface area contributed by atoms with Gasteiger partial charge >= 0.3 is 5.97 Å². The number of piperazine rings is 1. The number of rotatable bonds is 6. The third-order valence-electron chi connectivity index (χ3n) is 5.26. The standard InChI is InChI=1S/C22H24ClFN2O4/c1-14-11-26(15(2)10-25(14)12-16-3-6-18(24)7-4-16)21(27)13-30-20-8-5-17(23)9-19(20)22(28)29/h3-9,14-15H,10-13H2,1-2H3,(H,28,29). The first-order valence-electron chi connectivity index (χ1n) is 9.68. The third-order valence-corrected chi connectivity index (χ3v) is 5.49. The monoisotopic (exact) mass is 434 g/mol. The molecule has 2 unspecified atom stereocenters. The molecule has 1 saturated heterocycles. The minimum atomic E-state index is -1.17. The molecule has 1 N–H and O–H groups in total. The molecule has 0 saturated carbocycles. The molecule has 1 fully saturated rings. The highest BCUT2D eigenvalue weighted by atomic mass is 35.5. The Morgan fingerprint density at radius 3 is 2.50 bits per heavy atom. The maximum Gasteiger partial charge on any atom is 0.339 e. The SMILES string of the molecule is CC1CN(C(=O)COc2ccc(Cl)cc2C(=O)O)C(C)CN1Cc1ccc(F)cc1. The fourth-order valence-electron chi connectivity index (χ4n) is 3.61. The number of halogens is 2. The van der Waals surface area contributed by atoms with Gasteiger partial charge in [-0.3, -0.25) is 9.69 Å². The second-order valence-electron chi connectivity index (χ2n) is 7.53. The van der Waals surface area contributed by atoms with Gasteiger partial charge in [0.05, 0.1) is 0 Å². The largest absolute Gasteiger partial charge is 0.483 e. The molecule has 1 heterocycles. The maximum atomic E-state index is 13.1. The fourth-order valence-corrected chi connectivity index (χ4v) is 3.78. The van der Waals surface area contributed by atoms with E-state index in [1.165, 1.54) is 30.3 Å². The normalized spacial score (nSPS) is 19.5. The smallest absolute Gasteiger partial charge is 0.339 e. The van der Waals surface area contributed by atoms with Gasteiger partial charge in [-0.15, -0.1) is 0 Å². The number of amides is 1. The van der Waals surface area contributed by atoms with E-state index in [1.807, 2.05) is 13.8 Å². The maximum absolute atomic E-state index is 13.1. The molecule has 1 aliphatic heterocycles. The van der Waals surface area contributed by atoms with Gasteiger partial charge in [0, 0.05) is 36.7 Å². The van der Waals surface area contributed by atoms with Gasteiger partial charge in [0.2, 0.25) is 0 Å². The van der Waals surface area contributed by atoms with E-state index in [4.69, 9.17) is 16.3 Å². The molecule has 160 valence electrons. The fraction of sp³-hybridized carbons (Fsp3) is 0.364. The molecule has 0 aliphatic carbocycles. The third kappa shape index (κ3) is 5.29. The number of carbonyl (C=O) groups excluding carboxylic acids is 1.